The summed E-state index contributed by atoms with van der Waals surface area (Å²) in [5.74, 6) is -0.855. The number of rotatable bonds is 4. The fourth-order valence-corrected chi connectivity index (χ4v) is 2.52. The van der Waals surface area contributed by atoms with E-state index < -0.39 is 5.97 Å². The van der Waals surface area contributed by atoms with Gasteiger partial charge in [0.05, 0.1) is 23.4 Å². The van der Waals surface area contributed by atoms with Crippen LogP contribution in [-0.4, -0.2) is 29.2 Å². The van der Waals surface area contributed by atoms with Crippen LogP contribution in [0.4, 0.5) is 5.69 Å². The van der Waals surface area contributed by atoms with Crippen molar-refractivity contribution in [2.75, 3.05) is 12.4 Å². The van der Waals surface area contributed by atoms with Crippen LogP contribution >= 0.6 is 11.6 Å². The second kappa shape index (κ2) is 7.19. The van der Waals surface area contributed by atoms with Gasteiger partial charge in [0.15, 0.2) is 0 Å². The fraction of sp³-hybridized carbons (Fsp3) is 0.0556. The van der Waals surface area contributed by atoms with Crippen LogP contribution in [0.1, 0.15) is 20.8 Å². The minimum atomic E-state index is -0.473. The summed E-state index contributed by atoms with van der Waals surface area (Å²) in [6.07, 6.45) is 0. The number of esters is 1. The summed E-state index contributed by atoms with van der Waals surface area (Å²) in [6.45, 7) is 0. The van der Waals surface area contributed by atoms with Gasteiger partial charge < -0.3 is 10.1 Å². The minimum Gasteiger partial charge on any atom is -0.465 e. The summed E-state index contributed by atoms with van der Waals surface area (Å²) < 4.78 is 4.66. The van der Waals surface area contributed by atoms with Crippen molar-refractivity contribution in [1.82, 2.24) is 10.2 Å². The SMILES string of the molecule is COC(=O)c1cccc(NC(=O)c2cc(-c3ccccc3Cl)n[nH]2)c1. The number of halogens is 1. The van der Waals surface area contributed by atoms with Gasteiger partial charge in [-0.1, -0.05) is 35.9 Å². The first-order chi connectivity index (χ1) is 12.1. The number of carbonyl (C=O) groups excluding carboxylic acids is 2. The molecule has 2 aromatic carbocycles. The summed E-state index contributed by atoms with van der Waals surface area (Å²) in [6, 6.07) is 15.3. The van der Waals surface area contributed by atoms with Gasteiger partial charge in [0, 0.05) is 11.3 Å². The normalized spacial score (nSPS) is 10.3. The molecule has 3 aromatic rings. The number of hydrogen-bond donors (Lipinski definition) is 2. The maximum absolute atomic E-state index is 12.4. The smallest absolute Gasteiger partial charge is 0.337 e. The Morgan fingerprint density at radius 1 is 1.12 bits per heavy atom. The number of hydrogen-bond acceptors (Lipinski definition) is 4. The number of ether oxygens (including phenoxy) is 1. The van der Waals surface area contributed by atoms with Gasteiger partial charge in [-0.3, -0.25) is 9.89 Å². The lowest BCUT2D eigenvalue weighted by atomic mass is 10.1. The number of aromatic nitrogens is 2. The molecule has 7 heteroatoms. The molecule has 6 nitrogen and oxygen atoms in total. The number of nitrogens with zero attached hydrogens (tertiary/aromatic N) is 1. The molecule has 126 valence electrons. The molecule has 0 radical (unpaired) electrons. The highest BCUT2D eigenvalue weighted by molar-refractivity contribution is 6.33. The van der Waals surface area contributed by atoms with Crippen LogP contribution in [0.3, 0.4) is 0 Å². The van der Waals surface area contributed by atoms with Gasteiger partial charge in [-0.25, -0.2) is 4.79 Å². The largest absolute Gasteiger partial charge is 0.465 e. The molecule has 1 amide bonds. The summed E-state index contributed by atoms with van der Waals surface area (Å²) in [5, 5.41) is 10.1. The number of benzene rings is 2. The molecule has 1 aromatic heterocycles. The maximum Gasteiger partial charge on any atom is 0.337 e. The molecule has 0 spiro atoms. The molecule has 3 rings (SSSR count). The molecule has 2 N–H and O–H groups in total. The predicted molar refractivity (Wildman–Crippen MR) is 94.8 cm³/mol. The van der Waals surface area contributed by atoms with Crippen LogP contribution in [0.15, 0.2) is 54.6 Å². The topological polar surface area (TPSA) is 84.1 Å². The van der Waals surface area contributed by atoms with E-state index in [-0.39, 0.29) is 11.6 Å². The zero-order valence-electron chi connectivity index (χ0n) is 13.2. The first kappa shape index (κ1) is 16.7. The molecule has 0 aliphatic rings. The van der Waals surface area contributed by atoms with Gasteiger partial charge in [-0.15, -0.1) is 0 Å². The Hall–Kier alpha value is -3.12. The number of anilines is 1. The van der Waals surface area contributed by atoms with Gasteiger partial charge in [-0.2, -0.15) is 5.10 Å². The standard InChI is InChI=1S/C18H14ClN3O3/c1-25-18(24)11-5-4-6-12(9-11)20-17(23)16-10-15(21-22-16)13-7-2-3-8-14(13)19/h2-10H,1H3,(H,20,23)(H,21,22). The second-order valence-corrected chi connectivity index (χ2v) is 5.58. The Kier molecular flexibility index (Phi) is 4.81. The third-order valence-corrected chi connectivity index (χ3v) is 3.84. The lowest BCUT2D eigenvalue weighted by molar-refractivity contribution is 0.0600. The van der Waals surface area contributed by atoms with E-state index in [0.717, 1.165) is 5.56 Å². The van der Waals surface area contributed by atoms with Gasteiger partial charge >= 0.3 is 5.97 Å². The predicted octanol–water partition coefficient (Wildman–Crippen LogP) is 3.77. The molecule has 25 heavy (non-hydrogen) atoms. The van der Waals surface area contributed by atoms with E-state index in [4.69, 9.17) is 11.6 Å². The molecule has 0 aliphatic carbocycles. The number of methoxy groups -OCH3 is 1. The maximum atomic E-state index is 12.4. The molecule has 0 atom stereocenters. The fourth-order valence-electron chi connectivity index (χ4n) is 2.29. The number of H-pyrrole nitrogens is 1. The first-order valence-electron chi connectivity index (χ1n) is 7.38. The van der Waals surface area contributed by atoms with E-state index >= 15 is 0 Å². The van der Waals surface area contributed by atoms with Crippen LogP contribution in [0.5, 0.6) is 0 Å². The van der Waals surface area contributed by atoms with Crippen LogP contribution < -0.4 is 5.32 Å². The molecule has 0 saturated carbocycles. The molecule has 0 aliphatic heterocycles. The Labute approximate surface area is 148 Å². The highest BCUT2D eigenvalue weighted by Crippen LogP contribution is 2.26. The van der Waals surface area contributed by atoms with Crippen LogP contribution in [0, 0.1) is 0 Å². The van der Waals surface area contributed by atoms with Crippen molar-refractivity contribution in [1.29, 1.82) is 0 Å². The Bertz CT molecular complexity index is 937. The van der Waals surface area contributed by atoms with Crippen molar-refractivity contribution in [3.63, 3.8) is 0 Å². The van der Waals surface area contributed by atoms with E-state index in [9.17, 15) is 9.59 Å². The van der Waals surface area contributed by atoms with E-state index in [1.165, 1.54) is 13.2 Å². The third-order valence-electron chi connectivity index (χ3n) is 3.51. The summed E-state index contributed by atoms with van der Waals surface area (Å²) in [5.41, 5.74) is 2.40. The number of carbonyl (C=O) groups is 2. The summed E-state index contributed by atoms with van der Waals surface area (Å²) in [7, 11) is 1.30. The Morgan fingerprint density at radius 3 is 2.68 bits per heavy atom. The monoisotopic (exact) mass is 355 g/mol. The van der Waals surface area contributed by atoms with Crippen molar-refractivity contribution in [3.05, 3.63) is 70.9 Å². The molecule has 1 heterocycles. The van der Waals surface area contributed by atoms with Crippen molar-refractivity contribution in [2.24, 2.45) is 0 Å². The Balaban J connectivity index is 1.79. The lowest BCUT2D eigenvalue weighted by Gasteiger charge is -2.05. The lowest BCUT2D eigenvalue weighted by Crippen LogP contribution is -2.13. The molecule has 0 fully saturated rings. The molecular formula is C18H14ClN3O3. The van der Waals surface area contributed by atoms with Gasteiger partial charge in [0.25, 0.3) is 5.91 Å². The Morgan fingerprint density at radius 2 is 1.92 bits per heavy atom. The highest BCUT2D eigenvalue weighted by atomic mass is 35.5. The average molecular weight is 356 g/mol. The van der Waals surface area contributed by atoms with E-state index in [1.807, 2.05) is 18.2 Å². The minimum absolute atomic E-state index is 0.276. The van der Waals surface area contributed by atoms with E-state index in [0.29, 0.717) is 22.0 Å². The van der Waals surface area contributed by atoms with Gasteiger partial charge in [0.2, 0.25) is 0 Å². The molecule has 0 saturated heterocycles. The van der Waals surface area contributed by atoms with Crippen molar-refractivity contribution < 1.29 is 14.3 Å². The van der Waals surface area contributed by atoms with Gasteiger partial charge in [0.1, 0.15) is 5.69 Å². The summed E-state index contributed by atoms with van der Waals surface area (Å²) >= 11 is 6.14. The highest BCUT2D eigenvalue weighted by Gasteiger charge is 2.14. The second-order valence-electron chi connectivity index (χ2n) is 5.17. The van der Waals surface area contributed by atoms with E-state index in [2.05, 4.69) is 20.3 Å². The van der Waals surface area contributed by atoms with Gasteiger partial charge in [-0.05, 0) is 30.3 Å². The average Bonchev–Trinajstić information content (AvgIpc) is 3.11. The van der Waals surface area contributed by atoms with Crippen LogP contribution in [-0.2, 0) is 4.74 Å². The van der Waals surface area contributed by atoms with Crippen molar-refractivity contribution >= 4 is 29.2 Å². The molecule has 0 bridgehead atoms. The third kappa shape index (κ3) is 3.70. The number of aromatic amines is 1. The number of amides is 1. The van der Waals surface area contributed by atoms with Crippen LogP contribution in [0.25, 0.3) is 11.3 Å². The van der Waals surface area contributed by atoms with E-state index in [1.54, 1.807) is 30.3 Å². The zero-order valence-corrected chi connectivity index (χ0v) is 14.0. The zero-order chi connectivity index (χ0) is 17.8. The molecular weight excluding hydrogens is 342 g/mol. The molecule has 0 unspecified atom stereocenters. The summed E-state index contributed by atoms with van der Waals surface area (Å²) in [4.78, 5) is 23.9. The number of nitrogens with one attached hydrogen (secondary N) is 2. The van der Waals surface area contributed by atoms with Crippen LogP contribution in [0.2, 0.25) is 5.02 Å². The van der Waals surface area contributed by atoms with Crippen molar-refractivity contribution in [2.45, 2.75) is 0 Å². The first-order valence-corrected chi connectivity index (χ1v) is 7.76. The quantitative estimate of drug-likeness (QED) is 0.698. The van der Waals surface area contributed by atoms with Crippen molar-refractivity contribution in [3.8, 4) is 11.3 Å².